The number of benzene rings is 1. The van der Waals surface area contributed by atoms with Crippen molar-refractivity contribution in [2.75, 3.05) is 5.32 Å². The van der Waals surface area contributed by atoms with Crippen LogP contribution in [0, 0.1) is 6.92 Å². The Balaban J connectivity index is 2.48. The minimum atomic E-state index is -1.37. The van der Waals surface area contributed by atoms with E-state index in [9.17, 15) is 9.90 Å². The lowest BCUT2D eigenvalue weighted by molar-refractivity contribution is -0.255. The zero-order valence-electron chi connectivity index (χ0n) is 9.91. The maximum Gasteiger partial charge on any atom is 0.109 e. The molecule has 0 bridgehead atoms. The van der Waals surface area contributed by atoms with Gasteiger partial charge in [-0.05, 0) is 30.7 Å². The molecule has 0 aliphatic heterocycles. The van der Waals surface area contributed by atoms with E-state index < -0.39 is 5.97 Å². The fraction of sp³-hybridized carbons (Fsp3) is 0.0769. The van der Waals surface area contributed by atoms with E-state index in [1.165, 1.54) is 6.20 Å². The quantitative estimate of drug-likeness (QED) is 0.946. The Morgan fingerprint density at radius 2 is 2.05 bits per heavy atom. The van der Waals surface area contributed by atoms with E-state index in [4.69, 9.17) is 23.2 Å². The number of nitrogens with zero attached hydrogens (tertiary/aromatic N) is 1. The molecule has 1 N–H and O–H groups in total. The van der Waals surface area contributed by atoms with Crippen molar-refractivity contribution < 1.29 is 9.90 Å². The normalized spacial score (nSPS) is 10.3. The highest BCUT2D eigenvalue weighted by atomic mass is 35.5. The summed E-state index contributed by atoms with van der Waals surface area (Å²) in [5.74, 6) is -1.37. The van der Waals surface area contributed by atoms with Crippen LogP contribution in [0.15, 0.2) is 30.5 Å². The van der Waals surface area contributed by atoms with Gasteiger partial charge in [0.2, 0.25) is 0 Å². The number of carbonyl (C=O) groups is 1. The number of pyridine rings is 1. The summed E-state index contributed by atoms with van der Waals surface area (Å²) in [6, 6.07) is 6.62. The zero-order valence-corrected chi connectivity index (χ0v) is 11.4. The number of carboxylic acid groups (broad SMARTS) is 1. The van der Waals surface area contributed by atoms with Crippen LogP contribution in [0.3, 0.4) is 0 Å². The van der Waals surface area contributed by atoms with Crippen LogP contribution in [0.25, 0.3) is 0 Å². The van der Waals surface area contributed by atoms with Crippen molar-refractivity contribution in [1.29, 1.82) is 0 Å². The number of anilines is 2. The van der Waals surface area contributed by atoms with Gasteiger partial charge in [0.15, 0.2) is 0 Å². The Morgan fingerprint density at radius 1 is 1.32 bits per heavy atom. The SMILES string of the molecule is Cc1ccc(Cl)c(Nc2cccnc2C(=O)[O-])c1Cl. The molecule has 1 aromatic heterocycles. The van der Waals surface area contributed by atoms with E-state index in [0.29, 0.717) is 15.7 Å². The first-order chi connectivity index (χ1) is 9.00. The summed E-state index contributed by atoms with van der Waals surface area (Å²) in [7, 11) is 0. The Kier molecular flexibility index (Phi) is 3.93. The lowest BCUT2D eigenvalue weighted by atomic mass is 10.2. The van der Waals surface area contributed by atoms with Crippen LogP contribution in [0.2, 0.25) is 10.0 Å². The van der Waals surface area contributed by atoms with Gasteiger partial charge in [-0.15, -0.1) is 0 Å². The molecule has 0 radical (unpaired) electrons. The van der Waals surface area contributed by atoms with E-state index in [2.05, 4.69) is 10.3 Å². The smallest absolute Gasteiger partial charge is 0.109 e. The molecule has 98 valence electrons. The summed E-state index contributed by atoms with van der Waals surface area (Å²) in [6.07, 6.45) is 1.37. The van der Waals surface area contributed by atoms with Gasteiger partial charge in [-0.3, -0.25) is 4.98 Å². The molecule has 19 heavy (non-hydrogen) atoms. The topological polar surface area (TPSA) is 65.0 Å². The van der Waals surface area contributed by atoms with E-state index >= 15 is 0 Å². The third kappa shape index (κ3) is 2.80. The summed E-state index contributed by atoms with van der Waals surface area (Å²) in [4.78, 5) is 14.7. The van der Waals surface area contributed by atoms with Gasteiger partial charge in [-0.25, -0.2) is 0 Å². The molecule has 0 saturated carbocycles. The van der Waals surface area contributed by atoms with Crippen LogP contribution in [0.4, 0.5) is 11.4 Å². The average molecular weight is 296 g/mol. The van der Waals surface area contributed by atoms with Crippen LogP contribution < -0.4 is 10.4 Å². The van der Waals surface area contributed by atoms with Crippen LogP contribution in [0.1, 0.15) is 16.1 Å². The Morgan fingerprint density at radius 3 is 2.74 bits per heavy atom. The molecule has 0 amide bonds. The summed E-state index contributed by atoms with van der Waals surface area (Å²) in [5.41, 5.74) is 1.35. The molecule has 0 aliphatic rings. The van der Waals surface area contributed by atoms with Crippen LogP contribution in [-0.2, 0) is 0 Å². The second-order valence-corrected chi connectivity index (χ2v) is 4.65. The second-order valence-electron chi connectivity index (χ2n) is 3.87. The van der Waals surface area contributed by atoms with E-state index in [-0.39, 0.29) is 11.4 Å². The third-order valence-electron chi connectivity index (χ3n) is 2.54. The van der Waals surface area contributed by atoms with E-state index in [0.717, 1.165) is 5.56 Å². The van der Waals surface area contributed by atoms with Crippen LogP contribution >= 0.6 is 23.2 Å². The number of aromatic nitrogens is 1. The Bertz CT molecular complexity index is 645. The lowest BCUT2D eigenvalue weighted by Gasteiger charge is -2.15. The van der Waals surface area contributed by atoms with Gasteiger partial charge in [0.05, 0.1) is 27.4 Å². The van der Waals surface area contributed by atoms with Crippen molar-refractivity contribution in [2.45, 2.75) is 6.92 Å². The predicted octanol–water partition coefficient (Wildman–Crippen LogP) is 2.80. The number of aromatic carboxylic acids is 1. The Hall–Kier alpha value is -1.78. The van der Waals surface area contributed by atoms with Gasteiger partial charge >= 0.3 is 0 Å². The number of carbonyl (C=O) groups excluding carboxylic acids is 1. The van der Waals surface area contributed by atoms with Crippen molar-refractivity contribution in [3.05, 3.63) is 51.8 Å². The number of carboxylic acids is 1. The average Bonchev–Trinajstić information content (AvgIpc) is 2.39. The number of hydrogen-bond donors (Lipinski definition) is 1. The largest absolute Gasteiger partial charge is 0.543 e. The molecule has 1 aromatic carbocycles. The van der Waals surface area contributed by atoms with Gasteiger partial charge in [0.1, 0.15) is 5.69 Å². The number of rotatable bonds is 3. The molecule has 2 rings (SSSR count). The highest BCUT2D eigenvalue weighted by Gasteiger charge is 2.11. The molecule has 2 aromatic rings. The van der Waals surface area contributed by atoms with Gasteiger partial charge in [0, 0.05) is 6.20 Å². The molecule has 0 unspecified atom stereocenters. The first-order valence-electron chi connectivity index (χ1n) is 5.38. The molecular weight excluding hydrogens is 287 g/mol. The molecule has 6 heteroatoms. The molecule has 4 nitrogen and oxygen atoms in total. The standard InChI is InChI=1S/C13H10Cl2N2O2/c1-7-4-5-8(14)11(10(7)15)17-9-3-2-6-16-12(9)13(18)19/h2-6,17H,1H3,(H,18,19)/p-1. The second kappa shape index (κ2) is 5.47. The van der Waals surface area contributed by atoms with Crippen LogP contribution in [-0.4, -0.2) is 11.0 Å². The number of aryl methyl sites for hydroxylation is 1. The van der Waals surface area contributed by atoms with Gasteiger partial charge in [-0.2, -0.15) is 0 Å². The van der Waals surface area contributed by atoms with Crippen molar-refractivity contribution in [2.24, 2.45) is 0 Å². The molecule has 1 heterocycles. The predicted molar refractivity (Wildman–Crippen MR) is 73.0 cm³/mol. The minimum Gasteiger partial charge on any atom is -0.543 e. The van der Waals surface area contributed by atoms with Crippen molar-refractivity contribution in [3.8, 4) is 0 Å². The van der Waals surface area contributed by atoms with E-state index in [1.807, 2.05) is 6.92 Å². The first kappa shape index (κ1) is 13.6. The fourth-order valence-electron chi connectivity index (χ4n) is 1.57. The minimum absolute atomic E-state index is 0.198. The Labute approximate surface area is 120 Å². The van der Waals surface area contributed by atoms with Gasteiger partial charge in [0.25, 0.3) is 0 Å². The highest BCUT2D eigenvalue weighted by Crippen LogP contribution is 2.35. The highest BCUT2D eigenvalue weighted by molar-refractivity contribution is 6.39. The molecular formula is C13H9Cl2N2O2-. The molecule has 0 fully saturated rings. The monoisotopic (exact) mass is 295 g/mol. The zero-order chi connectivity index (χ0) is 14.0. The van der Waals surface area contributed by atoms with Crippen molar-refractivity contribution >= 4 is 40.5 Å². The third-order valence-corrected chi connectivity index (χ3v) is 3.35. The van der Waals surface area contributed by atoms with E-state index in [1.54, 1.807) is 24.3 Å². The van der Waals surface area contributed by atoms with Gasteiger partial charge < -0.3 is 15.2 Å². The van der Waals surface area contributed by atoms with Crippen molar-refractivity contribution in [3.63, 3.8) is 0 Å². The molecule has 0 spiro atoms. The molecule has 0 saturated heterocycles. The summed E-state index contributed by atoms with van der Waals surface area (Å²) < 4.78 is 0. The summed E-state index contributed by atoms with van der Waals surface area (Å²) >= 11 is 12.2. The number of nitrogens with one attached hydrogen (secondary N) is 1. The van der Waals surface area contributed by atoms with Crippen molar-refractivity contribution in [1.82, 2.24) is 4.98 Å². The number of halogens is 2. The first-order valence-corrected chi connectivity index (χ1v) is 6.14. The maximum atomic E-state index is 11.0. The van der Waals surface area contributed by atoms with Crippen LogP contribution in [0.5, 0.6) is 0 Å². The maximum absolute atomic E-state index is 11.0. The fourth-order valence-corrected chi connectivity index (χ4v) is 2.04. The summed E-state index contributed by atoms with van der Waals surface area (Å²) in [5, 5.41) is 14.7. The number of hydrogen-bond acceptors (Lipinski definition) is 4. The summed E-state index contributed by atoms with van der Waals surface area (Å²) in [6.45, 7) is 1.83. The molecule has 0 aliphatic carbocycles. The molecule has 0 atom stereocenters. The van der Waals surface area contributed by atoms with Gasteiger partial charge in [-0.1, -0.05) is 29.3 Å². The lowest BCUT2D eigenvalue weighted by Crippen LogP contribution is -2.24.